The zero-order chi connectivity index (χ0) is 13.7. The molecule has 0 bridgehead atoms. The van der Waals surface area contributed by atoms with Crippen molar-refractivity contribution in [1.29, 1.82) is 0 Å². The van der Waals surface area contributed by atoms with Crippen LogP contribution in [0, 0.1) is 18.8 Å². The molecule has 0 heterocycles. The number of aryl methyl sites for hydroxylation is 1. The van der Waals surface area contributed by atoms with Gasteiger partial charge in [-0.15, -0.1) is 0 Å². The van der Waals surface area contributed by atoms with Crippen molar-refractivity contribution in [2.24, 2.45) is 17.6 Å². The van der Waals surface area contributed by atoms with Gasteiger partial charge in [0.2, 0.25) is 0 Å². The molecule has 0 radical (unpaired) electrons. The van der Waals surface area contributed by atoms with Crippen molar-refractivity contribution in [1.82, 2.24) is 0 Å². The molecule has 3 unspecified atom stereocenters. The van der Waals surface area contributed by atoms with Crippen LogP contribution in [0.1, 0.15) is 30.6 Å². The molecule has 0 amide bonds. The second-order valence-electron chi connectivity index (χ2n) is 4.83. The average molecular weight is 251 g/mol. The van der Waals surface area contributed by atoms with E-state index in [0.29, 0.717) is 11.8 Å². The molecule has 1 aromatic carbocycles. The van der Waals surface area contributed by atoms with E-state index in [9.17, 15) is 9.90 Å². The number of carboxylic acids is 1. The highest BCUT2D eigenvalue weighted by Crippen LogP contribution is 2.46. The Kier molecular flexibility index (Phi) is 5.31. The first-order valence-corrected chi connectivity index (χ1v) is 6.12. The molecule has 1 aromatic rings. The van der Waals surface area contributed by atoms with Crippen molar-refractivity contribution in [2.45, 2.75) is 26.4 Å². The fourth-order valence-corrected chi connectivity index (χ4v) is 1.80. The van der Waals surface area contributed by atoms with E-state index in [1.807, 2.05) is 12.1 Å². The fourth-order valence-electron chi connectivity index (χ4n) is 1.80. The summed E-state index contributed by atoms with van der Waals surface area (Å²) in [6.07, 6.45) is 0.935. The van der Waals surface area contributed by atoms with Crippen molar-refractivity contribution in [2.75, 3.05) is 6.54 Å². The third kappa shape index (κ3) is 4.47. The van der Waals surface area contributed by atoms with Crippen molar-refractivity contribution >= 4 is 5.97 Å². The smallest absolute Gasteiger partial charge is 0.317 e. The lowest BCUT2D eigenvalue weighted by Gasteiger charge is -2.09. The molecule has 4 heteroatoms. The maximum Gasteiger partial charge on any atom is 0.317 e. The van der Waals surface area contributed by atoms with Gasteiger partial charge in [-0.05, 0) is 30.7 Å². The lowest BCUT2D eigenvalue weighted by Crippen LogP contribution is -2.10. The van der Waals surface area contributed by atoms with Crippen LogP contribution >= 0.6 is 0 Å². The van der Waals surface area contributed by atoms with Gasteiger partial charge in [0.25, 0.3) is 0 Å². The minimum atomic E-state index is -0.968. The Morgan fingerprint density at radius 2 is 1.89 bits per heavy atom. The predicted octanol–water partition coefficient (Wildman–Crippen LogP) is 1.71. The van der Waals surface area contributed by atoms with Crippen LogP contribution in [0.25, 0.3) is 0 Å². The number of aliphatic hydroxyl groups is 1. The molecule has 100 valence electrons. The van der Waals surface area contributed by atoms with E-state index in [-0.39, 0.29) is 12.6 Å². The van der Waals surface area contributed by atoms with Gasteiger partial charge < -0.3 is 15.9 Å². The van der Waals surface area contributed by atoms with Crippen molar-refractivity contribution in [3.05, 3.63) is 35.4 Å². The molecule has 18 heavy (non-hydrogen) atoms. The van der Waals surface area contributed by atoms with Crippen molar-refractivity contribution in [3.63, 3.8) is 0 Å². The number of hydrogen-bond acceptors (Lipinski definition) is 3. The summed E-state index contributed by atoms with van der Waals surface area (Å²) < 4.78 is 0. The number of benzene rings is 1. The number of aliphatic carboxylic acids is 1. The standard InChI is InChI=1S/C12H16O.C2H5NO2/c1-8-3-5-10(6-4-8)12(13)11-7-9(11)2;3-1-2(4)5/h3-6,9,11-13H,7H2,1-2H3;1,3H2,(H,4,5). The predicted molar refractivity (Wildman–Crippen MR) is 70.1 cm³/mol. The largest absolute Gasteiger partial charge is 0.480 e. The van der Waals surface area contributed by atoms with E-state index in [4.69, 9.17) is 5.11 Å². The number of carboxylic acid groups (broad SMARTS) is 1. The summed E-state index contributed by atoms with van der Waals surface area (Å²) in [5, 5.41) is 17.5. The van der Waals surface area contributed by atoms with Gasteiger partial charge in [-0.3, -0.25) is 4.79 Å². The van der Waals surface area contributed by atoms with Crippen molar-refractivity contribution < 1.29 is 15.0 Å². The monoisotopic (exact) mass is 251 g/mol. The fraction of sp³-hybridized carbons (Fsp3) is 0.500. The van der Waals surface area contributed by atoms with E-state index in [1.54, 1.807) is 0 Å². The van der Waals surface area contributed by atoms with E-state index < -0.39 is 5.97 Å². The molecule has 0 spiro atoms. The highest BCUT2D eigenvalue weighted by molar-refractivity contribution is 5.68. The maximum atomic E-state index is 9.92. The van der Waals surface area contributed by atoms with Crippen LogP contribution < -0.4 is 5.73 Å². The minimum absolute atomic E-state index is 0.240. The second-order valence-corrected chi connectivity index (χ2v) is 4.83. The average Bonchev–Trinajstić information content (AvgIpc) is 3.07. The molecule has 4 N–H and O–H groups in total. The molecule has 0 aromatic heterocycles. The molecule has 2 rings (SSSR count). The van der Waals surface area contributed by atoms with Gasteiger partial charge in [0.1, 0.15) is 0 Å². The summed E-state index contributed by atoms with van der Waals surface area (Å²) in [4.78, 5) is 9.24. The molecule has 3 atom stereocenters. The van der Waals surface area contributed by atoms with Gasteiger partial charge in [0.05, 0.1) is 12.6 Å². The molecule has 1 fully saturated rings. The van der Waals surface area contributed by atoms with Gasteiger partial charge in [0.15, 0.2) is 0 Å². The molecule has 4 nitrogen and oxygen atoms in total. The number of hydrogen-bond donors (Lipinski definition) is 3. The Morgan fingerprint density at radius 1 is 1.44 bits per heavy atom. The van der Waals surface area contributed by atoms with Gasteiger partial charge in [-0.1, -0.05) is 36.8 Å². The zero-order valence-electron chi connectivity index (χ0n) is 10.8. The summed E-state index contributed by atoms with van der Waals surface area (Å²) in [5.41, 5.74) is 6.89. The zero-order valence-corrected chi connectivity index (χ0v) is 10.8. The lowest BCUT2D eigenvalue weighted by atomic mass is 10.0. The quantitative estimate of drug-likeness (QED) is 0.763. The van der Waals surface area contributed by atoms with Gasteiger partial charge in [-0.25, -0.2) is 0 Å². The third-order valence-corrected chi connectivity index (χ3v) is 3.17. The van der Waals surface area contributed by atoms with Crippen LogP contribution in [-0.4, -0.2) is 22.7 Å². The SMILES string of the molecule is Cc1ccc(C(O)C2CC2C)cc1.NCC(=O)O. The second kappa shape index (κ2) is 6.52. The minimum Gasteiger partial charge on any atom is -0.480 e. The molecule has 1 aliphatic carbocycles. The van der Waals surface area contributed by atoms with Crippen LogP contribution in [0.4, 0.5) is 0 Å². The molecule has 1 aliphatic rings. The van der Waals surface area contributed by atoms with Crippen LogP contribution in [-0.2, 0) is 4.79 Å². The summed E-state index contributed by atoms with van der Waals surface area (Å²) >= 11 is 0. The van der Waals surface area contributed by atoms with E-state index in [0.717, 1.165) is 5.56 Å². The van der Waals surface area contributed by atoms with Crippen LogP contribution in [0.15, 0.2) is 24.3 Å². The summed E-state index contributed by atoms with van der Waals surface area (Å²) in [7, 11) is 0. The first-order chi connectivity index (χ1) is 8.45. The first-order valence-electron chi connectivity index (χ1n) is 6.12. The highest BCUT2D eigenvalue weighted by Gasteiger charge is 2.39. The Balaban J connectivity index is 0.000000280. The van der Waals surface area contributed by atoms with E-state index >= 15 is 0 Å². The molecule has 1 saturated carbocycles. The Hall–Kier alpha value is -1.39. The summed E-state index contributed by atoms with van der Waals surface area (Å²) in [6.45, 7) is 3.98. The summed E-state index contributed by atoms with van der Waals surface area (Å²) in [6, 6.07) is 8.19. The third-order valence-electron chi connectivity index (χ3n) is 3.17. The normalized spacial score (nSPS) is 22.7. The van der Waals surface area contributed by atoms with E-state index in [2.05, 4.69) is 31.7 Å². The maximum absolute atomic E-state index is 9.92. The Labute approximate surface area is 107 Å². The summed E-state index contributed by atoms with van der Waals surface area (Å²) in [5.74, 6) is 0.240. The van der Waals surface area contributed by atoms with Gasteiger partial charge in [-0.2, -0.15) is 0 Å². The number of nitrogens with two attached hydrogens (primary N) is 1. The first kappa shape index (κ1) is 14.7. The highest BCUT2D eigenvalue weighted by atomic mass is 16.4. The van der Waals surface area contributed by atoms with Crippen LogP contribution in [0.3, 0.4) is 0 Å². The number of aliphatic hydroxyl groups excluding tert-OH is 1. The lowest BCUT2D eigenvalue weighted by molar-refractivity contribution is -0.135. The van der Waals surface area contributed by atoms with Gasteiger partial charge >= 0.3 is 5.97 Å². The molecular formula is C14H21NO3. The molecule has 0 saturated heterocycles. The van der Waals surface area contributed by atoms with Crippen LogP contribution in [0.2, 0.25) is 0 Å². The van der Waals surface area contributed by atoms with E-state index in [1.165, 1.54) is 12.0 Å². The van der Waals surface area contributed by atoms with Gasteiger partial charge in [0, 0.05) is 0 Å². The van der Waals surface area contributed by atoms with Crippen LogP contribution in [0.5, 0.6) is 0 Å². The molecular weight excluding hydrogens is 230 g/mol. The number of carbonyl (C=O) groups is 1. The van der Waals surface area contributed by atoms with Crippen molar-refractivity contribution in [3.8, 4) is 0 Å². The number of rotatable bonds is 3. The Morgan fingerprint density at radius 3 is 2.22 bits per heavy atom. The molecule has 0 aliphatic heterocycles. The topological polar surface area (TPSA) is 83.5 Å². The Bertz CT molecular complexity index is 389.